The van der Waals surface area contributed by atoms with Gasteiger partial charge in [-0.3, -0.25) is 14.9 Å². The molecular weight excluding hydrogens is 458 g/mol. The fraction of sp³-hybridized carbons (Fsp3) is 0.182. The smallest absolute Gasteiger partial charge is 0.387 e. The third kappa shape index (κ3) is 7.35. The van der Waals surface area contributed by atoms with Crippen LogP contribution in [0.25, 0.3) is 0 Å². The van der Waals surface area contributed by atoms with Crippen LogP contribution in [0.15, 0.2) is 53.9 Å². The number of hydrogen-bond donors (Lipinski definition) is 1. The number of ether oxygens (including phenoxy) is 3. The second-order valence-electron chi connectivity index (χ2n) is 6.53. The van der Waals surface area contributed by atoms with E-state index in [9.17, 15) is 23.2 Å². The lowest BCUT2D eigenvalue weighted by molar-refractivity contribution is -0.123. The van der Waals surface area contributed by atoms with Crippen LogP contribution in [0.2, 0.25) is 0 Å². The molecule has 0 radical (unpaired) electrons. The number of amides is 2. The molecule has 0 aliphatic heterocycles. The van der Waals surface area contributed by atoms with Crippen molar-refractivity contribution in [2.45, 2.75) is 20.1 Å². The highest BCUT2D eigenvalue weighted by molar-refractivity contribution is 7.09. The summed E-state index contributed by atoms with van der Waals surface area (Å²) in [7, 11) is 0. The Balaban J connectivity index is 1.43. The van der Waals surface area contributed by atoms with Crippen LogP contribution in [0.4, 0.5) is 8.78 Å². The molecule has 1 aromatic heterocycles. The predicted molar refractivity (Wildman–Crippen MR) is 113 cm³/mol. The molecule has 1 N–H and O–H groups in total. The molecule has 33 heavy (non-hydrogen) atoms. The molecule has 0 spiro atoms. The Morgan fingerprint density at radius 1 is 1.00 bits per heavy atom. The number of nitrogens with zero attached hydrogens (tertiary/aromatic N) is 1. The Bertz CT molecular complexity index is 1120. The number of hydrogen-bond acceptors (Lipinski definition) is 8. The number of carbonyl (C=O) groups is 3. The summed E-state index contributed by atoms with van der Waals surface area (Å²) in [5, 5.41) is 4.87. The maximum absolute atomic E-state index is 12.1. The van der Waals surface area contributed by atoms with Crippen molar-refractivity contribution in [2.24, 2.45) is 0 Å². The van der Waals surface area contributed by atoms with Crippen LogP contribution in [-0.4, -0.2) is 36.0 Å². The van der Waals surface area contributed by atoms with Gasteiger partial charge in [-0.15, -0.1) is 11.3 Å². The highest BCUT2D eigenvalue weighted by Gasteiger charge is 2.14. The number of thiazole rings is 1. The Hall–Kier alpha value is -3.86. The van der Waals surface area contributed by atoms with Crippen LogP contribution in [-0.2, 0) is 16.1 Å². The zero-order chi connectivity index (χ0) is 23.8. The molecule has 0 saturated carbocycles. The predicted octanol–water partition coefficient (Wildman–Crippen LogP) is 3.75. The number of benzene rings is 2. The summed E-state index contributed by atoms with van der Waals surface area (Å²) in [6, 6.07) is 10.9. The van der Waals surface area contributed by atoms with Gasteiger partial charge in [0.1, 0.15) is 18.1 Å². The Morgan fingerprint density at radius 3 is 2.24 bits per heavy atom. The van der Waals surface area contributed by atoms with Gasteiger partial charge in [0.2, 0.25) is 0 Å². The van der Waals surface area contributed by atoms with Crippen LogP contribution in [0.1, 0.15) is 31.4 Å². The molecule has 3 rings (SSSR count). The second-order valence-corrected chi connectivity index (χ2v) is 7.59. The number of carbonyl (C=O) groups excluding carboxylic acids is 3. The quantitative estimate of drug-likeness (QED) is 0.469. The van der Waals surface area contributed by atoms with Gasteiger partial charge in [0.15, 0.2) is 6.61 Å². The van der Waals surface area contributed by atoms with E-state index in [1.807, 2.05) is 17.6 Å². The van der Waals surface area contributed by atoms with E-state index in [4.69, 9.17) is 9.47 Å². The summed E-state index contributed by atoms with van der Waals surface area (Å²) in [5.74, 6) is -1.98. The lowest BCUT2D eigenvalue weighted by atomic mass is 10.2. The number of aryl methyl sites for hydroxylation is 1. The number of halogens is 2. The van der Waals surface area contributed by atoms with Crippen molar-refractivity contribution < 1.29 is 37.4 Å². The summed E-state index contributed by atoms with van der Waals surface area (Å²) in [6.45, 7) is -1.48. The number of esters is 1. The maximum atomic E-state index is 12.1. The van der Waals surface area contributed by atoms with Gasteiger partial charge in [-0.1, -0.05) is 0 Å². The number of rotatable bonds is 9. The first-order valence-electron chi connectivity index (χ1n) is 9.50. The monoisotopic (exact) mass is 476 g/mol. The molecule has 0 fully saturated rings. The van der Waals surface area contributed by atoms with Crippen LogP contribution in [0.3, 0.4) is 0 Å². The van der Waals surface area contributed by atoms with Gasteiger partial charge in [0, 0.05) is 10.9 Å². The van der Waals surface area contributed by atoms with Gasteiger partial charge >= 0.3 is 12.6 Å². The van der Waals surface area contributed by atoms with Crippen molar-refractivity contribution in [3.8, 4) is 11.5 Å². The van der Waals surface area contributed by atoms with Gasteiger partial charge < -0.3 is 14.2 Å². The van der Waals surface area contributed by atoms with Crippen molar-refractivity contribution in [3.63, 3.8) is 0 Å². The summed E-state index contributed by atoms with van der Waals surface area (Å²) in [6.07, 6.45) is 0. The number of nitrogens with one attached hydrogen (secondary N) is 1. The highest BCUT2D eigenvalue weighted by Crippen LogP contribution is 2.17. The number of aromatic nitrogens is 1. The molecule has 0 aliphatic carbocycles. The van der Waals surface area contributed by atoms with E-state index in [2.05, 4.69) is 9.72 Å². The zero-order valence-electron chi connectivity index (χ0n) is 17.2. The topological polar surface area (TPSA) is 104 Å². The van der Waals surface area contributed by atoms with Crippen molar-refractivity contribution in [1.82, 2.24) is 10.3 Å². The van der Waals surface area contributed by atoms with Gasteiger partial charge in [-0.05, 0) is 55.5 Å². The third-order valence-corrected chi connectivity index (χ3v) is 4.89. The standard InChI is InChI=1S/C22H18F2N2O6S/c1-13-25-16(12-33-13)10-30-17-6-4-15(5-7-17)21(29)31-11-19(27)26-20(28)14-2-8-18(9-3-14)32-22(23)24/h2-9,12,22H,10-11H2,1H3,(H,26,27,28). The molecule has 0 unspecified atom stereocenters. The van der Waals surface area contributed by atoms with Gasteiger partial charge in [-0.2, -0.15) is 8.78 Å². The van der Waals surface area contributed by atoms with Crippen molar-refractivity contribution in [1.29, 1.82) is 0 Å². The van der Waals surface area contributed by atoms with Crippen molar-refractivity contribution in [3.05, 3.63) is 75.7 Å². The molecule has 0 saturated heterocycles. The minimum atomic E-state index is -2.99. The molecule has 3 aromatic rings. The van der Waals surface area contributed by atoms with E-state index in [0.29, 0.717) is 12.4 Å². The summed E-state index contributed by atoms with van der Waals surface area (Å²) < 4.78 is 39.0. The molecule has 0 atom stereocenters. The molecule has 2 aromatic carbocycles. The lowest BCUT2D eigenvalue weighted by Gasteiger charge is -2.08. The average Bonchev–Trinajstić information content (AvgIpc) is 3.21. The van der Waals surface area contributed by atoms with E-state index >= 15 is 0 Å². The number of alkyl halides is 2. The first-order valence-corrected chi connectivity index (χ1v) is 10.4. The van der Waals surface area contributed by atoms with E-state index in [-0.39, 0.29) is 16.9 Å². The Kier molecular flexibility index (Phi) is 8.03. The van der Waals surface area contributed by atoms with Gasteiger partial charge in [0.05, 0.1) is 16.3 Å². The van der Waals surface area contributed by atoms with Gasteiger partial charge in [-0.25, -0.2) is 9.78 Å². The van der Waals surface area contributed by atoms with Crippen LogP contribution in [0, 0.1) is 6.92 Å². The molecule has 1 heterocycles. The van der Waals surface area contributed by atoms with Crippen molar-refractivity contribution >= 4 is 29.1 Å². The normalized spacial score (nSPS) is 10.5. The maximum Gasteiger partial charge on any atom is 0.387 e. The zero-order valence-corrected chi connectivity index (χ0v) is 18.1. The highest BCUT2D eigenvalue weighted by atomic mass is 32.1. The second kappa shape index (κ2) is 11.1. The van der Waals surface area contributed by atoms with E-state index < -0.39 is 31.0 Å². The lowest BCUT2D eigenvalue weighted by Crippen LogP contribution is -2.34. The first kappa shape index (κ1) is 23.8. The first-order chi connectivity index (χ1) is 15.8. The van der Waals surface area contributed by atoms with Crippen LogP contribution >= 0.6 is 11.3 Å². The van der Waals surface area contributed by atoms with Gasteiger partial charge in [0.25, 0.3) is 11.8 Å². The molecule has 11 heteroatoms. The van der Waals surface area contributed by atoms with Crippen LogP contribution in [0.5, 0.6) is 11.5 Å². The molecule has 172 valence electrons. The molecule has 2 amide bonds. The average molecular weight is 476 g/mol. The van der Waals surface area contributed by atoms with Crippen molar-refractivity contribution in [2.75, 3.05) is 6.61 Å². The van der Waals surface area contributed by atoms with E-state index in [1.165, 1.54) is 35.6 Å². The van der Waals surface area contributed by atoms with E-state index in [0.717, 1.165) is 22.8 Å². The summed E-state index contributed by atoms with van der Waals surface area (Å²) in [4.78, 5) is 40.3. The molecular formula is C22H18F2N2O6S. The van der Waals surface area contributed by atoms with E-state index in [1.54, 1.807) is 12.1 Å². The molecule has 8 nitrogen and oxygen atoms in total. The molecule has 0 aliphatic rings. The summed E-state index contributed by atoms with van der Waals surface area (Å²) >= 11 is 1.52. The fourth-order valence-corrected chi connectivity index (χ4v) is 3.15. The molecule has 0 bridgehead atoms. The minimum Gasteiger partial charge on any atom is -0.487 e. The third-order valence-electron chi connectivity index (χ3n) is 4.07. The number of imide groups is 1. The Labute approximate surface area is 191 Å². The summed E-state index contributed by atoms with van der Waals surface area (Å²) in [5.41, 5.74) is 1.04. The SMILES string of the molecule is Cc1nc(COc2ccc(C(=O)OCC(=O)NC(=O)c3ccc(OC(F)F)cc3)cc2)cs1. The largest absolute Gasteiger partial charge is 0.487 e. The fourth-order valence-electron chi connectivity index (χ4n) is 2.56. The van der Waals surface area contributed by atoms with Crippen LogP contribution < -0.4 is 14.8 Å². The minimum absolute atomic E-state index is 0.0414. The Morgan fingerprint density at radius 2 is 1.64 bits per heavy atom.